The van der Waals surface area contributed by atoms with E-state index in [0.29, 0.717) is 42.9 Å². The Morgan fingerprint density at radius 1 is 1.30 bits per heavy atom. The molecule has 8 nitrogen and oxygen atoms in total. The van der Waals surface area contributed by atoms with E-state index in [4.69, 9.17) is 9.26 Å². The normalized spacial score (nSPS) is 34.7. The molecule has 2 bridgehead atoms. The Balaban J connectivity index is 1.47. The molecule has 1 spiro atoms. The largest absolute Gasteiger partial charge is 0.378 e. The number of nitrogens with one attached hydrogen (secondary N) is 2. The minimum atomic E-state index is -3.68. The lowest BCUT2D eigenvalue weighted by molar-refractivity contribution is -0.135. The first kappa shape index (κ1) is 21.8. The average molecular weight is 440 g/mol. The van der Waals surface area contributed by atoms with Gasteiger partial charge in [-0.05, 0) is 62.2 Å². The van der Waals surface area contributed by atoms with Gasteiger partial charge in [-0.2, -0.15) is 0 Å². The van der Waals surface area contributed by atoms with Crippen molar-refractivity contribution in [1.82, 2.24) is 15.2 Å². The zero-order valence-corrected chi connectivity index (χ0v) is 19.3. The van der Waals surface area contributed by atoms with E-state index < -0.39 is 10.0 Å². The van der Waals surface area contributed by atoms with Gasteiger partial charge in [-0.1, -0.05) is 19.0 Å². The monoisotopic (exact) mass is 439 g/mol. The summed E-state index contributed by atoms with van der Waals surface area (Å²) in [4.78, 5) is 12.1. The minimum absolute atomic E-state index is 0.0107. The first-order chi connectivity index (χ1) is 14.0. The van der Waals surface area contributed by atoms with Crippen LogP contribution in [0.2, 0.25) is 0 Å². The van der Waals surface area contributed by atoms with Gasteiger partial charge in [-0.15, -0.1) is 0 Å². The number of nitrogens with zero attached hydrogens (tertiary/aromatic N) is 1. The van der Waals surface area contributed by atoms with Gasteiger partial charge in [-0.25, -0.2) is 13.1 Å². The number of aryl methyl sites for hydroxylation is 2. The number of sulfonamides is 1. The second-order valence-electron chi connectivity index (χ2n) is 9.93. The number of fused-ring (bicyclic) bond motifs is 1. The highest BCUT2D eigenvalue weighted by Crippen LogP contribution is 2.68. The van der Waals surface area contributed by atoms with Gasteiger partial charge < -0.3 is 14.6 Å². The third kappa shape index (κ3) is 3.29. The second-order valence-corrected chi connectivity index (χ2v) is 11.6. The number of rotatable bonds is 6. The number of hydrogen-bond donors (Lipinski definition) is 2. The van der Waals surface area contributed by atoms with Crippen molar-refractivity contribution >= 4 is 15.9 Å². The highest BCUT2D eigenvalue weighted by Gasteiger charge is 2.68. The molecule has 1 saturated heterocycles. The summed E-state index contributed by atoms with van der Waals surface area (Å²) in [5.74, 6) is 1.19. The molecule has 2 aliphatic carbocycles. The first-order valence-corrected chi connectivity index (χ1v) is 12.3. The lowest BCUT2D eigenvalue weighted by atomic mass is 9.59. The van der Waals surface area contributed by atoms with Crippen molar-refractivity contribution < 1.29 is 22.5 Å². The zero-order valence-electron chi connectivity index (χ0n) is 18.4. The fourth-order valence-electron chi connectivity index (χ4n) is 6.66. The van der Waals surface area contributed by atoms with Crippen molar-refractivity contribution in [3.63, 3.8) is 0 Å². The smallest absolute Gasteiger partial charge is 0.245 e. The molecule has 168 valence electrons. The highest BCUT2D eigenvalue weighted by molar-refractivity contribution is 7.89. The summed E-state index contributed by atoms with van der Waals surface area (Å²) in [7, 11) is -3.68. The number of aromatic nitrogens is 1. The average Bonchev–Trinajstić information content (AvgIpc) is 3.25. The van der Waals surface area contributed by atoms with Crippen LogP contribution in [-0.2, 0) is 19.6 Å². The van der Waals surface area contributed by atoms with Crippen LogP contribution in [-0.4, -0.2) is 44.8 Å². The van der Waals surface area contributed by atoms with E-state index in [1.165, 1.54) is 0 Å². The van der Waals surface area contributed by atoms with Crippen molar-refractivity contribution in [2.75, 3.05) is 13.2 Å². The number of carbonyl (C=O) groups excluding carboxylic acids is 1. The Kier molecular flexibility index (Phi) is 5.30. The predicted octanol–water partition coefficient (Wildman–Crippen LogP) is 2.31. The summed E-state index contributed by atoms with van der Waals surface area (Å²) in [5.41, 5.74) is 0.472. The molecule has 5 atom stereocenters. The molecule has 2 heterocycles. The summed E-state index contributed by atoms with van der Waals surface area (Å²) in [6, 6.07) is 0.136. The standard InChI is InChI=1S/C21H33N3O5S/c1-12-18(13(2)29-24-12)30(26,27)22-8-6-17-16-10-15-11-21(16,7-9-28-17)19(20(15,4)5)23-14(3)25/h15-17,19,22H,6-11H2,1-5H3,(H,23,25)/t15-,16-,17-,19+,21-/m1/s1. The predicted molar refractivity (Wildman–Crippen MR) is 110 cm³/mol. The van der Waals surface area contributed by atoms with Crippen LogP contribution in [0.3, 0.4) is 0 Å². The van der Waals surface area contributed by atoms with Gasteiger partial charge in [0.2, 0.25) is 15.9 Å². The molecular weight excluding hydrogens is 406 g/mol. The molecule has 3 fully saturated rings. The van der Waals surface area contributed by atoms with Crippen molar-refractivity contribution in [1.29, 1.82) is 0 Å². The summed E-state index contributed by atoms with van der Waals surface area (Å²) in [5, 5.41) is 7.00. The van der Waals surface area contributed by atoms with Gasteiger partial charge in [0.25, 0.3) is 0 Å². The molecule has 4 rings (SSSR count). The van der Waals surface area contributed by atoms with Crippen LogP contribution in [0.15, 0.2) is 9.42 Å². The summed E-state index contributed by atoms with van der Waals surface area (Å²) in [6.07, 6.45) is 3.73. The second kappa shape index (κ2) is 7.31. The molecule has 1 aromatic heterocycles. The molecule has 1 aromatic rings. The molecule has 0 aromatic carbocycles. The van der Waals surface area contributed by atoms with E-state index in [9.17, 15) is 13.2 Å². The maximum Gasteiger partial charge on any atom is 0.245 e. The molecule has 1 aliphatic heterocycles. The van der Waals surface area contributed by atoms with Gasteiger partial charge in [0.15, 0.2) is 5.76 Å². The van der Waals surface area contributed by atoms with Gasteiger partial charge in [0.1, 0.15) is 10.6 Å². The lowest BCUT2D eigenvalue weighted by Gasteiger charge is -2.53. The van der Waals surface area contributed by atoms with Crippen molar-refractivity contribution in [3.05, 3.63) is 11.5 Å². The van der Waals surface area contributed by atoms with Gasteiger partial charge >= 0.3 is 0 Å². The highest BCUT2D eigenvalue weighted by atomic mass is 32.2. The molecule has 3 aliphatic rings. The topological polar surface area (TPSA) is 111 Å². The van der Waals surface area contributed by atoms with Crippen molar-refractivity contribution in [2.45, 2.75) is 77.3 Å². The van der Waals surface area contributed by atoms with E-state index in [1.54, 1.807) is 20.8 Å². The molecular formula is C21H33N3O5S. The maximum absolute atomic E-state index is 12.7. The quantitative estimate of drug-likeness (QED) is 0.704. The maximum atomic E-state index is 12.7. The lowest BCUT2D eigenvalue weighted by Crippen LogP contribution is -2.60. The zero-order chi connectivity index (χ0) is 21.9. The molecule has 0 unspecified atom stereocenters. The fraction of sp³-hybridized carbons (Fsp3) is 0.810. The van der Waals surface area contributed by atoms with Gasteiger partial charge in [0, 0.05) is 26.1 Å². The number of hydrogen-bond acceptors (Lipinski definition) is 6. The molecule has 0 radical (unpaired) electrons. The van der Waals surface area contributed by atoms with E-state index in [1.807, 2.05) is 0 Å². The van der Waals surface area contributed by atoms with E-state index in [0.717, 1.165) is 19.3 Å². The third-order valence-corrected chi connectivity index (χ3v) is 9.63. The molecule has 2 N–H and O–H groups in total. The summed E-state index contributed by atoms with van der Waals surface area (Å²) < 4.78 is 39.2. The van der Waals surface area contributed by atoms with Gasteiger partial charge in [-0.3, -0.25) is 4.79 Å². The van der Waals surface area contributed by atoms with Crippen molar-refractivity contribution in [2.24, 2.45) is 22.7 Å². The number of amides is 1. The Hall–Kier alpha value is -1.45. The SMILES string of the molecule is CC(=O)N[C@H]1C(C)(C)[C@@H]2C[C@@H]3[C@@H](CCNS(=O)(=O)c4c(C)noc4C)OCC[C@@]31C2. The van der Waals surface area contributed by atoms with Crippen LogP contribution in [0.1, 0.15) is 57.9 Å². The van der Waals surface area contributed by atoms with Crippen LogP contribution < -0.4 is 10.0 Å². The Morgan fingerprint density at radius 2 is 2.03 bits per heavy atom. The summed E-state index contributed by atoms with van der Waals surface area (Å²) >= 11 is 0. The van der Waals surface area contributed by atoms with Crippen LogP contribution in [0.4, 0.5) is 0 Å². The third-order valence-electron chi connectivity index (χ3n) is 7.93. The van der Waals surface area contributed by atoms with Crippen LogP contribution in [0, 0.1) is 36.5 Å². The number of ether oxygens (including phenoxy) is 1. The van der Waals surface area contributed by atoms with Crippen LogP contribution in [0.25, 0.3) is 0 Å². The molecule has 2 saturated carbocycles. The Morgan fingerprint density at radius 3 is 2.67 bits per heavy atom. The first-order valence-electron chi connectivity index (χ1n) is 10.8. The minimum Gasteiger partial charge on any atom is -0.378 e. The van der Waals surface area contributed by atoms with Crippen LogP contribution in [0.5, 0.6) is 0 Å². The molecule has 30 heavy (non-hydrogen) atoms. The Labute approximate surface area is 178 Å². The van der Waals surface area contributed by atoms with E-state index in [2.05, 4.69) is 29.0 Å². The summed E-state index contributed by atoms with van der Waals surface area (Å²) in [6.45, 7) is 10.3. The van der Waals surface area contributed by atoms with E-state index in [-0.39, 0.29) is 33.8 Å². The molecule has 1 amide bonds. The van der Waals surface area contributed by atoms with Crippen LogP contribution >= 0.6 is 0 Å². The Bertz CT molecular complexity index is 921. The van der Waals surface area contributed by atoms with Crippen molar-refractivity contribution in [3.8, 4) is 0 Å². The van der Waals surface area contributed by atoms with E-state index >= 15 is 0 Å². The van der Waals surface area contributed by atoms with Gasteiger partial charge in [0.05, 0.1) is 6.10 Å². The molecule has 9 heteroatoms. The number of carbonyl (C=O) groups is 1. The fourth-order valence-corrected chi connectivity index (χ4v) is 8.04.